The lowest BCUT2D eigenvalue weighted by molar-refractivity contribution is 0.0234. The number of β-amino-alcohol motifs (C(OH)–C–C–N with tert-alkyl or cyclic N) is 1. The van der Waals surface area contributed by atoms with Crippen LogP contribution in [0.25, 0.3) is 11.0 Å². The SMILES string of the molecule is Cn1cnnc1CC1(O)CCCN(c2nc3ccccc3[nH]2)C1. The molecule has 3 aromatic rings. The molecule has 7 heteroatoms. The van der Waals surface area contributed by atoms with Crippen LogP contribution in [-0.2, 0) is 13.5 Å². The minimum Gasteiger partial charge on any atom is -0.388 e. The van der Waals surface area contributed by atoms with Gasteiger partial charge in [0.25, 0.3) is 0 Å². The van der Waals surface area contributed by atoms with Gasteiger partial charge in [0.1, 0.15) is 12.2 Å². The average molecular weight is 312 g/mol. The molecule has 0 aliphatic carbocycles. The number of benzene rings is 1. The summed E-state index contributed by atoms with van der Waals surface area (Å²) >= 11 is 0. The smallest absolute Gasteiger partial charge is 0.203 e. The topological polar surface area (TPSA) is 82.9 Å². The van der Waals surface area contributed by atoms with Gasteiger partial charge in [0.15, 0.2) is 0 Å². The molecule has 1 aromatic carbocycles. The molecule has 1 aliphatic heterocycles. The minimum atomic E-state index is -0.808. The molecule has 4 rings (SSSR count). The van der Waals surface area contributed by atoms with E-state index in [1.807, 2.05) is 35.9 Å². The minimum absolute atomic E-state index is 0.500. The molecule has 7 nitrogen and oxygen atoms in total. The normalized spacial score (nSPS) is 21.9. The van der Waals surface area contributed by atoms with Gasteiger partial charge in [0.2, 0.25) is 5.95 Å². The van der Waals surface area contributed by atoms with Crippen molar-refractivity contribution in [1.29, 1.82) is 0 Å². The molecule has 0 saturated carbocycles. The monoisotopic (exact) mass is 312 g/mol. The molecule has 0 spiro atoms. The number of anilines is 1. The number of H-pyrrole nitrogens is 1. The highest BCUT2D eigenvalue weighted by molar-refractivity contribution is 5.77. The van der Waals surface area contributed by atoms with Crippen molar-refractivity contribution >= 4 is 17.0 Å². The Morgan fingerprint density at radius 2 is 2.22 bits per heavy atom. The first kappa shape index (κ1) is 14.2. The fraction of sp³-hybridized carbons (Fsp3) is 0.438. The summed E-state index contributed by atoms with van der Waals surface area (Å²) in [5, 5.41) is 19.0. The van der Waals surface area contributed by atoms with Crippen molar-refractivity contribution < 1.29 is 5.11 Å². The van der Waals surface area contributed by atoms with E-state index >= 15 is 0 Å². The Hall–Kier alpha value is -2.41. The van der Waals surface area contributed by atoms with Crippen molar-refractivity contribution in [3.63, 3.8) is 0 Å². The zero-order valence-electron chi connectivity index (χ0n) is 13.1. The molecule has 0 radical (unpaired) electrons. The highest BCUT2D eigenvalue weighted by atomic mass is 16.3. The van der Waals surface area contributed by atoms with Gasteiger partial charge in [-0.25, -0.2) is 4.98 Å². The Bertz CT molecular complexity index is 792. The van der Waals surface area contributed by atoms with Crippen LogP contribution >= 0.6 is 0 Å². The third kappa shape index (κ3) is 2.68. The molecule has 1 aliphatic rings. The Kier molecular flexibility index (Phi) is 3.30. The summed E-state index contributed by atoms with van der Waals surface area (Å²) in [6.45, 7) is 1.43. The van der Waals surface area contributed by atoms with Gasteiger partial charge in [-0.3, -0.25) is 0 Å². The number of nitrogens with one attached hydrogen (secondary N) is 1. The van der Waals surface area contributed by atoms with Crippen molar-refractivity contribution in [2.45, 2.75) is 24.9 Å². The molecule has 1 atom stereocenters. The van der Waals surface area contributed by atoms with Gasteiger partial charge < -0.3 is 19.6 Å². The van der Waals surface area contributed by atoms with E-state index in [9.17, 15) is 5.11 Å². The van der Waals surface area contributed by atoms with E-state index in [2.05, 4.69) is 25.1 Å². The molecule has 1 fully saturated rings. The van der Waals surface area contributed by atoms with Gasteiger partial charge in [-0.1, -0.05) is 12.1 Å². The Balaban J connectivity index is 1.57. The Labute approximate surface area is 134 Å². The standard InChI is InChI=1S/C16H20N6O/c1-21-11-17-20-14(21)9-16(23)7-4-8-22(10-16)15-18-12-5-2-3-6-13(12)19-15/h2-3,5-6,11,23H,4,7-10H2,1H3,(H,18,19). The fourth-order valence-electron chi connectivity index (χ4n) is 3.29. The summed E-state index contributed by atoms with van der Waals surface area (Å²) in [6, 6.07) is 7.98. The number of aromatic nitrogens is 5. The molecule has 2 aromatic heterocycles. The van der Waals surface area contributed by atoms with E-state index < -0.39 is 5.60 Å². The second kappa shape index (κ2) is 5.34. The number of piperidine rings is 1. The summed E-state index contributed by atoms with van der Waals surface area (Å²) in [5.41, 5.74) is 1.16. The van der Waals surface area contributed by atoms with Crippen LogP contribution in [0.15, 0.2) is 30.6 Å². The van der Waals surface area contributed by atoms with Crippen molar-refractivity contribution in [3.05, 3.63) is 36.4 Å². The third-order valence-electron chi connectivity index (χ3n) is 4.52. The molecule has 120 valence electrons. The molecule has 3 heterocycles. The number of nitrogens with zero attached hydrogens (tertiary/aromatic N) is 5. The predicted octanol–water partition coefficient (Wildman–Crippen LogP) is 1.27. The molecular formula is C16H20N6O. The zero-order chi connectivity index (χ0) is 15.9. The van der Waals surface area contributed by atoms with Crippen LogP contribution in [0.1, 0.15) is 18.7 Å². The van der Waals surface area contributed by atoms with Crippen LogP contribution in [0.3, 0.4) is 0 Å². The van der Waals surface area contributed by atoms with Crippen molar-refractivity contribution in [2.75, 3.05) is 18.0 Å². The number of aryl methyl sites for hydroxylation is 1. The fourth-order valence-corrected chi connectivity index (χ4v) is 3.29. The number of aliphatic hydroxyl groups is 1. The highest BCUT2D eigenvalue weighted by Gasteiger charge is 2.35. The predicted molar refractivity (Wildman–Crippen MR) is 87.2 cm³/mol. The quantitative estimate of drug-likeness (QED) is 0.761. The van der Waals surface area contributed by atoms with Gasteiger partial charge in [0, 0.05) is 26.6 Å². The molecule has 0 amide bonds. The number of rotatable bonds is 3. The number of para-hydroxylation sites is 2. The van der Waals surface area contributed by atoms with Crippen LogP contribution in [0.2, 0.25) is 0 Å². The first-order valence-electron chi connectivity index (χ1n) is 7.88. The van der Waals surface area contributed by atoms with E-state index in [-0.39, 0.29) is 0 Å². The number of hydrogen-bond acceptors (Lipinski definition) is 5. The van der Waals surface area contributed by atoms with Gasteiger partial charge in [0.05, 0.1) is 16.6 Å². The zero-order valence-corrected chi connectivity index (χ0v) is 13.1. The number of aromatic amines is 1. The molecule has 23 heavy (non-hydrogen) atoms. The van der Waals surface area contributed by atoms with Gasteiger partial charge in [-0.15, -0.1) is 10.2 Å². The molecule has 2 N–H and O–H groups in total. The van der Waals surface area contributed by atoms with E-state index in [1.54, 1.807) is 6.33 Å². The lowest BCUT2D eigenvalue weighted by Gasteiger charge is -2.38. The maximum atomic E-state index is 11.0. The lowest BCUT2D eigenvalue weighted by Crippen LogP contribution is -2.50. The summed E-state index contributed by atoms with van der Waals surface area (Å²) in [5.74, 6) is 1.63. The van der Waals surface area contributed by atoms with Crippen molar-refractivity contribution in [2.24, 2.45) is 7.05 Å². The lowest BCUT2D eigenvalue weighted by atomic mass is 9.89. The largest absolute Gasteiger partial charge is 0.388 e. The van der Waals surface area contributed by atoms with Crippen molar-refractivity contribution in [3.8, 4) is 0 Å². The molecule has 0 bridgehead atoms. The summed E-state index contributed by atoms with van der Waals surface area (Å²) < 4.78 is 1.86. The Morgan fingerprint density at radius 1 is 1.35 bits per heavy atom. The first-order chi connectivity index (χ1) is 11.1. The maximum absolute atomic E-state index is 11.0. The van der Waals surface area contributed by atoms with Crippen LogP contribution in [0, 0.1) is 0 Å². The van der Waals surface area contributed by atoms with Gasteiger partial charge in [-0.05, 0) is 25.0 Å². The Morgan fingerprint density at radius 3 is 3.00 bits per heavy atom. The number of hydrogen-bond donors (Lipinski definition) is 2. The van der Waals surface area contributed by atoms with Gasteiger partial charge >= 0.3 is 0 Å². The van der Waals surface area contributed by atoms with E-state index in [0.29, 0.717) is 13.0 Å². The first-order valence-corrected chi connectivity index (χ1v) is 7.88. The van der Waals surface area contributed by atoms with Crippen LogP contribution < -0.4 is 4.90 Å². The van der Waals surface area contributed by atoms with Crippen molar-refractivity contribution in [1.82, 2.24) is 24.7 Å². The molecular weight excluding hydrogens is 292 g/mol. The molecule has 1 unspecified atom stereocenters. The van der Waals surface area contributed by atoms with E-state index in [1.165, 1.54) is 0 Å². The van der Waals surface area contributed by atoms with Gasteiger partial charge in [-0.2, -0.15) is 0 Å². The summed E-state index contributed by atoms with van der Waals surface area (Å²) in [7, 11) is 1.90. The maximum Gasteiger partial charge on any atom is 0.203 e. The number of fused-ring (bicyclic) bond motifs is 1. The van der Waals surface area contributed by atoms with E-state index in [4.69, 9.17) is 0 Å². The highest BCUT2D eigenvalue weighted by Crippen LogP contribution is 2.28. The summed E-state index contributed by atoms with van der Waals surface area (Å²) in [4.78, 5) is 10.1. The van der Waals surface area contributed by atoms with E-state index in [0.717, 1.165) is 42.2 Å². The average Bonchev–Trinajstić information content (AvgIpc) is 3.13. The second-order valence-electron chi connectivity index (χ2n) is 6.36. The molecule has 1 saturated heterocycles. The van der Waals surface area contributed by atoms with Crippen LogP contribution in [0.5, 0.6) is 0 Å². The summed E-state index contributed by atoms with van der Waals surface area (Å²) in [6.07, 6.45) is 3.85. The second-order valence-corrected chi connectivity index (χ2v) is 6.36. The third-order valence-corrected chi connectivity index (χ3v) is 4.52. The number of imidazole rings is 1. The van der Waals surface area contributed by atoms with Crippen LogP contribution in [0.4, 0.5) is 5.95 Å². The van der Waals surface area contributed by atoms with Crippen LogP contribution in [-0.4, -0.2) is 48.5 Å².